The molecule has 1 aliphatic heterocycles. The molecule has 5 heteroatoms. The van der Waals surface area contributed by atoms with Crippen molar-refractivity contribution in [3.63, 3.8) is 0 Å². The number of hydrogen-bond donors (Lipinski definition) is 0. The first-order valence-electron chi connectivity index (χ1n) is 5.90. The number of methoxy groups -OCH3 is 1. The maximum atomic E-state index is 12.1. The summed E-state index contributed by atoms with van der Waals surface area (Å²) >= 11 is 0. The van der Waals surface area contributed by atoms with Crippen LogP contribution in [-0.2, 0) is 9.53 Å². The van der Waals surface area contributed by atoms with E-state index in [1.807, 2.05) is 11.8 Å². The van der Waals surface area contributed by atoms with E-state index in [0.29, 0.717) is 13.1 Å². The monoisotopic (exact) mass is 239 g/mol. The Morgan fingerprint density at radius 1 is 1.35 bits per heavy atom. The highest BCUT2D eigenvalue weighted by Crippen LogP contribution is 2.15. The quantitative estimate of drug-likeness (QED) is 0.718. The van der Waals surface area contributed by atoms with Gasteiger partial charge in [-0.15, -0.1) is 0 Å². The minimum Gasteiger partial charge on any atom is -0.369 e. The van der Waals surface area contributed by atoms with Gasteiger partial charge in [-0.1, -0.05) is 0 Å². The average molecular weight is 239 g/mol. The molecule has 0 N–H and O–H groups in total. The molecule has 17 heavy (non-hydrogen) atoms. The number of ether oxygens (including phenoxy) is 1. The second-order valence-corrected chi connectivity index (χ2v) is 4.85. The van der Waals surface area contributed by atoms with Crippen LogP contribution in [0.3, 0.4) is 0 Å². The second kappa shape index (κ2) is 5.48. The van der Waals surface area contributed by atoms with Gasteiger partial charge in [-0.2, -0.15) is 5.26 Å². The normalized spacial score (nSPS) is 19.8. The minimum atomic E-state index is -0.761. The van der Waals surface area contributed by atoms with E-state index in [1.165, 1.54) is 0 Å². The first kappa shape index (κ1) is 13.9. The molecular formula is C12H21N3O2. The van der Waals surface area contributed by atoms with Gasteiger partial charge in [0.05, 0.1) is 12.1 Å². The Morgan fingerprint density at radius 2 is 1.88 bits per heavy atom. The number of nitriles is 1. The molecule has 0 spiro atoms. The third kappa shape index (κ3) is 3.18. The molecule has 1 heterocycles. The summed E-state index contributed by atoms with van der Waals surface area (Å²) in [7, 11) is 1.55. The fourth-order valence-electron chi connectivity index (χ4n) is 1.86. The van der Waals surface area contributed by atoms with Crippen LogP contribution in [-0.4, -0.2) is 60.6 Å². The van der Waals surface area contributed by atoms with Gasteiger partial charge < -0.3 is 9.64 Å². The molecule has 1 fully saturated rings. The van der Waals surface area contributed by atoms with E-state index in [9.17, 15) is 4.79 Å². The zero-order valence-corrected chi connectivity index (χ0v) is 11.1. The molecule has 0 aromatic carbocycles. The van der Waals surface area contributed by atoms with E-state index in [4.69, 9.17) is 10.00 Å². The van der Waals surface area contributed by atoms with Crippen molar-refractivity contribution in [2.75, 3.05) is 33.3 Å². The predicted octanol–water partition coefficient (Wildman–Crippen LogP) is 0.468. The number of nitrogens with zero attached hydrogens (tertiary/aromatic N) is 3. The summed E-state index contributed by atoms with van der Waals surface area (Å²) in [5.41, 5.74) is -0.761. The molecule has 0 radical (unpaired) electrons. The molecule has 1 rings (SSSR count). The van der Waals surface area contributed by atoms with Gasteiger partial charge in [0.2, 0.25) is 0 Å². The smallest absolute Gasteiger partial charge is 0.254 e. The molecular weight excluding hydrogens is 218 g/mol. The van der Waals surface area contributed by atoms with Gasteiger partial charge >= 0.3 is 0 Å². The topological polar surface area (TPSA) is 56.6 Å². The number of rotatable bonds is 3. The lowest BCUT2D eigenvalue weighted by atomic mass is 10.1. The molecule has 0 aromatic rings. The van der Waals surface area contributed by atoms with Crippen LogP contribution in [0.1, 0.15) is 20.8 Å². The average Bonchev–Trinajstić information content (AvgIpc) is 2.37. The first-order chi connectivity index (χ1) is 7.92. The molecule has 0 aliphatic carbocycles. The number of amides is 1. The molecule has 1 aliphatic rings. The highest BCUT2D eigenvalue weighted by atomic mass is 16.5. The van der Waals surface area contributed by atoms with E-state index in [0.717, 1.165) is 13.1 Å². The van der Waals surface area contributed by atoms with E-state index in [-0.39, 0.29) is 11.9 Å². The van der Waals surface area contributed by atoms with E-state index >= 15 is 0 Å². The summed E-state index contributed by atoms with van der Waals surface area (Å²) in [6.45, 7) is 8.27. The van der Waals surface area contributed by atoms with Crippen LogP contribution in [0.15, 0.2) is 0 Å². The summed E-state index contributed by atoms with van der Waals surface area (Å²) in [6.07, 6.45) is 0. The van der Waals surface area contributed by atoms with Crippen LogP contribution in [0.4, 0.5) is 0 Å². The van der Waals surface area contributed by atoms with Crippen molar-refractivity contribution >= 4 is 5.91 Å². The summed E-state index contributed by atoms with van der Waals surface area (Å²) in [5.74, 6) is 0.0178. The Bertz CT molecular complexity index is 314. The third-order valence-electron chi connectivity index (χ3n) is 3.36. The molecule has 1 atom stereocenters. The van der Waals surface area contributed by atoms with Crippen LogP contribution in [0, 0.1) is 11.3 Å². The number of hydrogen-bond acceptors (Lipinski definition) is 4. The highest BCUT2D eigenvalue weighted by Gasteiger charge is 2.34. The fourth-order valence-corrected chi connectivity index (χ4v) is 1.86. The van der Waals surface area contributed by atoms with Crippen molar-refractivity contribution in [1.82, 2.24) is 9.80 Å². The lowest BCUT2D eigenvalue weighted by molar-refractivity contribution is -0.152. The van der Waals surface area contributed by atoms with Crippen LogP contribution < -0.4 is 0 Å². The maximum absolute atomic E-state index is 12.1. The summed E-state index contributed by atoms with van der Waals surface area (Å²) in [5, 5.41) is 8.84. The van der Waals surface area contributed by atoms with Gasteiger partial charge in [0.1, 0.15) is 5.60 Å². The summed E-state index contributed by atoms with van der Waals surface area (Å²) < 4.78 is 5.19. The van der Waals surface area contributed by atoms with Crippen molar-refractivity contribution in [1.29, 1.82) is 5.26 Å². The molecule has 0 bridgehead atoms. The van der Waals surface area contributed by atoms with E-state index in [1.54, 1.807) is 21.0 Å². The second-order valence-electron chi connectivity index (χ2n) is 4.85. The Hall–Kier alpha value is -1.12. The van der Waals surface area contributed by atoms with Gasteiger partial charge in [0, 0.05) is 33.3 Å². The maximum Gasteiger partial charge on any atom is 0.254 e. The molecule has 0 saturated carbocycles. The van der Waals surface area contributed by atoms with Crippen LogP contribution in [0.25, 0.3) is 0 Å². The first-order valence-corrected chi connectivity index (χ1v) is 5.90. The van der Waals surface area contributed by atoms with Crippen molar-refractivity contribution < 1.29 is 9.53 Å². The van der Waals surface area contributed by atoms with Crippen molar-refractivity contribution in [3.8, 4) is 6.07 Å². The Labute approximate surface area is 103 Å². The largest absolute Gasteiger partial charge is 0.369 e. The number of carbonyl (C=O) groups excluding carboxylic acids is 1. The third-order valence-corrected chi connectivity index (χ3v) is 3.36. The van der Waals surface area contributed by atoms with Gasteiger partial charge in [-0.3, -0.25) is 9.69 Å². The zero-order chi connectivity index (χ0) is 13.1. The van der Waals surface area contributed by atoms with Crippen molar-refractivity contribution in [3.05, 3.63) is 0 Å². The number of piperazine rings is 1. The molecule has 96 valence electrons. The summed E-state index contributed by atoms with van der Waals surface area (Å²) in [4.78, 5) is 16.0. The van der Waals surface area contributed by atoms with Crippen molar-refractivity contribution in [2.45, 2.75) is 32.4 Å². The molecule has 1 saturated heterocycles. The van der Waals surface area contributed by atoms with E-state index < -0.39 is 5.60 Å². The van der Waals surface area contributed by atoms with E-state index in [2.05, 4.69) is 11.0 Å². The van der Waals surface area contributed by atoms with Gasteiger partial charge in [-0.05, 0) is 20.8 Å². The highest BCUT2D eigenvalue weighted by molar-refractivity contribution is 5.84. The summed E-state index contributed by atoms with van der Waals surface area (Å²) in [6, 6.07) is 2.14. The van der Waals surface area contributed by atoms with Crippen LogP contribution in [0.2, 0.25) is 0 Å². The lowest BCUT2D eigenvalue weighted by Crippen LogP contribution is -2.55. The van der Waals surface area contributed by atoms with Crippen molar-refractivity contribution in [2.24, 2.45) is 0 Å². The van der Waals surface area contributed by atoms with Crippen LogP contribution in [0.5, 0.6) is 0 Å². The SMILES string of the molecule is COC(C)(C)C(=O)N1CCN(C(C)C#N)CC1. The lowest BCUT2D eigenvalue weighted by Gasteiger charge is -2.38. The molecule has 1 unspecified atom stereocenters. The van der Waals surface area contributed by atoms with Gasteiger partial charge in [0.25, 0.3) is 5.91 Å². The molecule has 1 amide bonds. The fraction of sp³-hybridized carbons (Fsp3) is 0.833. The Balaban J connectivity index is 2.53. The standard InChI is InChI=1S/C12H21N3O2/c1-10(9-13)14-5-7-15(8-6-14)11(16)12(2,3)17-4/h10H,5-8H2,1-4H3. The molecule has 5 nitrogen and oxygen atoms in total. The van der Waals surface area contributed by atoms with Crippen LogP contribution >= 0.6 is 0 Å². The van der Waals surface area contributed by atoms with Gasteiger partial charge in [-0.25, -0.2) is 0 Å². The number of carbonyl (C=O) groups is 1. The Kier molecular flexibility index (Phi) is 4.49. The molecule has 0 aromatic heterocycles. The van der Waals surface area contributed by atoms with Gasteiger partial charge in [0.15, 0.2) is 0 Å². The Morgan fingerprint density at radius 3 is 2.29 bits per heavy atom. The minimum absolute atomic E-state index is 0.0178. The zero-order valence-electron chi connectivity index (χ0n) is 11.1. The predicted molar refractivity (Wildman–Crippen MR) is 64.3 cm³/mol.